The fourth-order valence-corrected chi connectivity index (χ4v) is 7.65. The van der Waals surface area contributed by atoms with Gasteiger partial charge in [0, 0.05) is 36.8 Å². The van der Waals surface area contributed by atoms with Crippen LogP contribution in [0.5, 0.6) is 0 Å². The molecule has 168 valence electrons. The van der Waals surface area contributed by atoms with E-state index in [0.29, 0.717) is 5.92 Å². The van der Waals surface area contributed by atoms with E-state index in [2.05, 4.69) is 83.0 Å². The van der Waals surface area contributed by atoms with Gasteiger partial charge in [-0.15, -0.1) is 22.7 Å². The van der Waals surface area contributed by atoms with Crippen molar-refractivity contribution in [2.75, 3.05) is 0 Å². The molecule has 0 aliphatic carbocycles. The molecule has 33 heavy (non-hydrogen) atoms. The predicted molar refractivity (Wildman–Crippen MR) is 151 cm³/mol. The van der Waals surface area contributed by atoms with E-state index in [1.807, 2.05) is 34.3 Å². The molecule has 3 aromatic heterocycles. The molecule has 0 saturated heterocycles. The molecule has 0 spiro atoms. The molecular formula is C29H29NS3. The molecule has 0 unspecified atom stereocenters. The van der Waals surface area contributed by atoms with Crippen LogP contribution in [0.15, 0.2) is 64.9 Å². The monoisotopic (exact) mass is 487 g/mol. The van der Waals surface area contributed by atoms with Gasteiger partial charge in [-0.1, -0.05) is 59.0 Å². The molecule has 5 rings (SSSR count). The van der Waals surface area contributed by atoms with Gasteiger partial charge in [0.25, 0.3) is 0 Å². The standard InChI is InChI=1S/C29H29NS3/c1-7-31-24-9-8-18(13-23(24)29(4,5)6)27-28-20(10-11-30-27)22-14-21-19(12-17(2)3)16-32-25(21)15-26(22)33-28/h7-11,13-17H,1,12H2,2-6H3. The minimum atomic E-state index is 0.0482. The second kappa shape index (κ2) is 8.57. The molecule has 0 fully saturated rings. The maximum absolute atomic E-state index is 4.87. The third-order valence-electron chi connectivity index (χ3n) is 6.06. The van der Waals surface area contributed by atoms with Gasteiger partial charge >= 0.3 is 0 Å². The Kier molecular flexibility index (Phi) is 5.88. The zero-order chi connectivity index (χ0) is 23.3. The zero-order valence-electron chi connectivity index (χ0n) is 19.9. The van der Waals surface area contributed by atoms with Crippen LogP contribution in [0, 0.1) is 5.92 Å². The van der Waals surface area contributed by atoms with E-state index in [1.54, 1.807) is 11.8 Å². The van der Waals surface area contributed by atoms with Crippen LogP contribution in [0.4, 0.5) is 0 Å². The Morgan fingerprint density at radius 3 is 2.58 bits per heavy atom. The van der Waals surface area contributed by atoms with E-state index in [4.69, 9.17) is 4.98 Å². The molecule has 0 radical (unpaired) electrons. The highest BCUT2D eigenvalue weighted by Crippen LogP contribution is 2.43. The van der Waals surface area contributed by atoms with Crippen molar-refractivity contribution in [1.82, 2.24) is 4.98 Å². The summed E-state index contributed by atoms with van der Waals surface area (Å²) in [6.45, 7) is 15.3. The second-order valence-corrected chi connectivity index (χ2v) is 13.1. The zero-order valence-corrected chi connectivity index (χ0v) is 22.3. The summed E-state index contributed by atoms with van der Waals surface area (Å²) < 4.78 is 4.01. The third-order valence-corrected chi connectivity index (χ3v) is 9.01. The number of pyridine rings is 1. The van der Waals surface area contributed by atoms with Gasteiger partial charge in [0.05, 0.1) is 10.4 Å². The van der Waals surface area contributed by atoms with Crippen molar-refractivity contribution < 1.29 is 0 Å². The van der Waals surface area contributed by atoms with Crippen LogP contribution in [0.3, 0.4) is 0 Å². The molecule has 3 heterocycles. The lowest BCUT2D eigenvalue weighted by Crippen LogP contribution is -2.12. The van der Waals surface area contributed by atoms with Crippen molar-refractivity contribution in [3.8, 4) is 11.3 Å². The summed E-state index contributed by atoms with van der Waals surface area (Å²) in [5, 5.41) is 8.34. The van der Waals surface area contributed by atoms with Crippen molar-refractivity contribution >= 4 is 64.7 Å². The van der Waals surface area contributed by atoms with Gasteiger partial charge in [0.1, 0.15) is 0 Å². The van der Waals surface area contributed by atoms with E-state index >= 15 is 0 Å². The molecule has 0 atom stereocenters. The summed E-state index contributed by atoms with van der Waals surface area (Å²) in [6.07, 6.45) is 3.10. The quantitative estimate of drug-likeness (QED) is 0.229. The molecule has 2 aromatic carbocycles. The minimum Gasteiger partial charge on any atom is -0.255 e. The Bertz CT molecular complexity index is 1490. The molecule has 0 amide bonds. The van der Waals surface area contributed by atoms with Gasteiger partial charge in [-0.05, 0) is 75.4 Å². The number of benzene rings is 2. The van der Waals surface area contributed by atoms with Crippen LogP contribution in [0.2, 0.25) is 0 Å². The lowest BCUT2D eigenvalue weighted by Gasteiger charge is -2.23. The summed E-state index contributed by atoms with van der Waals surface area (Å²) in [6, 6.07) is 13.8. The number of hydrogen-bond donors (Lipinski definition) is 0. The number of thioether (sulfide) groups is 1. The van der Waals surface area contributed by atoms with Crippen molar-refractivity contribution in [1.29, 1.82) is 0 Å². The molecule has 4 heteroatoms. The Morgan fingerprint density at radius 1 is 1.03 bits per heavy atom. The highest BCUT2D eigenvalue weighted by molar-refractivity contribution is 8.02. The largest absolute Gasteiger partial charge is 0.255 e. The molecule has 5 aromatic rings. The van der Waals surface area contributed by atoms with Gasteiger partial charge in [-0.2, -0.15) is 0 Å². The van der Waals surface area contributed by atoms with Crippen LogP contribution >= 0.6 is 34.4 Å². The number of fused-ring (bicyclic) bond motifs is 4. The number of aromatic nitrogens is 1. The smallest absolute Gasteiger partial charge is 0.0880 e. The highest BCUT2D eigenvalue weighted by atomic mass is 32.2. The Balaban J connectivity index is 1.72. The average molecular weight is 488 g/mol. The first kappa shape index (κ1) is 22.6. The number of rotatable bonds is 5. The molecule has 0 aliphatic heterocycles. The van der Waals surface area contributed by atoms with E-state index in [1.165, 1.54) is 51.8 Å². The lowest BCUT2D eigenvalue weighted by molar-refractivity contribution is 0.578. The van der Waals surface area contributed by atoms with Crippen LogP contribution in [-0.4, -0.2) is 4.98 Å². The van der Waals surface area contributed by atoms with Gasteiger partial charge in [0.2, 0.25) is 0 Å². The van der Waals surface area contributed by atoms with E-state index < -0.39 is 0 Å². The Hall–Kier alpha value is -2.14. The predicted octanol–water partition coefficient (Wildman–Crippen LogP) is 10.1. The van der Waals surface area contributed by atoms with Crippen molar-refractivity contribution in [2.45, 2.75) is 51.3 Å². The van der Waals surface area contributed by atoms with Crippen LogP contribution < -0.4 is 0 Å². The normalized spacial score (nSPS) is 12.4. The van der Waals surface area contributed by atoms with Gasteiger partial charge in [-0.25, -0.2) is 0 Å². The maximum atomic E-state index is 4.87. The van der Waals surface area contributed by atoms with Crippen LogP contribution in [0.1, 0.15) is 45.7 Å². The Morgan fingerprint density at radius 2 is 1.85 bits per heavy atom. The van der Waals surface area contributed by atoms with Crippen LogP contribution in [0.25, 0.3) is 41.5 Å². The minimum absolute atomic E-state index is 0.0482. The summed E-state index contributed by atoms with van der Waals surface area (Å²) in [5.74, 6) is 0.660. The van der Waals surface area contributed by atoms with Crippen LogP contribution in [-0.2, 0) is 11.8 Å². The highest BCUT2D eigenvalue weighted by Gasteiger charge is 2.21. The summed E-state index contributed by atoms with van der Waals surface area (Å²) in [7, 11) is 0. The van der Waals surface area contributed by atoms with Gasteiger partial charge in [-0.3, -0.25) is 4.98 Å². The fraction of sp³-hybridized carbons (Fsp3) is 0.276. The first-order valence-corrected chi connectivity index (χ1v) is 14.0. The first-order chi connectivity index (χ1) is 15.8. The summed E-state index contributed by atoms with van der Waals surface area (Å²) in [5.41, 5.74) is 5.13. The van der Waals surface area contributed by atoms with Gasteiger partial charge in [0.15, 0.2) is 0 Å². The molecule has 1 nitrogen and oxygen atoms in total. The SMILES string of the molecule is C=CSc1ccc(-c2nccc3c2sc2cc4scc(CC(C)C)c4cc23)cc1C(C)(C)C. The second-order valence-electron chi connectivity index (χ2n) is 10.1. The molecular weight excluding hydrogens is 459 g/mol. The number of nitrogens with zero attached hydrogens (tertiary/aromatic N) is 1. The third kappa shape index (κ3) is 4.14. The van der Waals surface area contributed by atoms with Crippen molar-refractivity contribution in [2.24, 2.45) is 5.92 Å². The average Bonchev–Trinajstić information content (AvgIpc) is 3.32. The fourth-order valence-electron chi connectivity index (χ4n) is 4.54. The Labute approximate surface area is 208 Å². The first-order valence-electron chi connectivity index (χ1n) is 11.4. The molecule has 0 aliphatic rings. The molecule has 0 saturated carbocycles. The summed E-state index contributed by atoms with van der Waals surface area (Å²) in [4.78, 5) is 6.14. The molecule has 0 N–H and O–H groups in total. The topological polar surface area (TPSA) is 12.9 Å². The molecule has 0 bridgehead atoms. The number of thiophene rings is 2. The van der Waals surface area contributed by atoms with Crippen molar-refractivity contribution in [3.63, 3.8) is 0 Å². The maximum Gasteiger partial charge on any atom is 0.0880 e. The van der Waals surface area contributed by atoms with E-state index in [9.17, 15) is 0 Å². The lowest BCUT2D eigenvalue weighted by atomic mass is 9.85. The van der Waals surface area contributed by atoms with Crippen molar-refractivity contribution in [3.05, 3.63) is 71.1 Å². The van der Waals surface area contributed by atoms with E-state index in [0.717, 1.165) is 12.1 Å². The van der Waals surface area contributed by atoms with Gasteiger partial charge < -0.3 is 0 Å². The summed E-state index contributed by atoms with van der Waals surface area (Å²) >= 11 is 5.44. The number of hydrogen-bond acceptors (Lipinski definition) is 4. The van der Waals surface area contributed by atoms with E-state index in [-0.39, 0.29) is 5.41 Å².